The van der Waals surface area contributed by atoms with E-state index in [0.29, 0.717) is 12.1 Å². The van der Waals surface area contributed by atoms with Gasteiger partial charge in [0.1, 0.15) is 0 Å². The van der Waals surface area contributed by atoms with Crippen molar-refractivity contribution in [2.24, 2.45) is 0 Å². The Morgan fingerprint density at radius 2 is 2.14 bits per heavy atom. The van der Waals surface area contributed by atoms with Gasteiger partial charge in [-0.1, -0.05) is 30.3 Å². The second kappa shape index (κ2) is 6.32. The molecule has 0 radical (unpaired) electrons. The number of benzene rings is 1. The van der Waals surface area contributed by atoms with Crippen LogP contribution in [0.3, 0.4) is 0 Å². The molecule has 3 rings (SSSR count). The molecule has 1 N–H and O–H groups in total. The number of nitrogens with zero attached hydrogens (tertiary/aromatic N) is 3. The predicted octanol–water partition coefficient (Wildman–Crippen LogP) is 1.67. The van der Waals surface area contributed by atoms with E-state index in [9.17, 15) is 4.79 Å². The van der Waals surface area contributed by atoms with Crippen LogP contribution in [-0.4, -0.2) is 46.3 Å². The fourth-order valence-electron chi connectivity index (χ4n) is 2.87. The van der Waals surface area contributed by atoms with E-state index in [1.807, 2.05) is 34.7 Å². The number of piperazine rings is 1. The molecule has 0 spiro atoms. The number of amides is 1. The molecule has 1 fully saturated rings. The van der Waals surface area contributed by atoms with Crippen LogP contribution >= 0.6 is 0 Å². The number of carbonyl (C=O) groups is 1. The molecule has 0 aliphatic carbocycles. The predicted molar refractivity (Wildman–Crippen MR) is 85.9 cm³/mol. The van der Waals surface area contributed by atoms with E-state index >= 15 is 0 Å². The van der Waals surface area contributed by atoms with Crippen LogP contribution < -0.4 is 5.32 Å². The number of hydrogen-bond acceptors (Lipinski definition) is 3. The lowest BCUT2D eigenvalue weighted by atomic mass is 10.1. The largest absolute Gasteiger partial charge is 0.333 e. The zero-order valence-corrected chi connectivity index (χ0v) is 13.1. The number of carbonyl (C=O) groups excluding carboxylic acids is 1. The van der Waals surface area contributed by atoms with E-state index in [4.69, 9.17) is 0 Å². The third-order valence-electron chi connectivity index (χ3n) is 4.27. The summed E-state index contributed by atoms with van der Waals surface area (Å²) in [5, 5.41) is 7.71. The number of hydrogen-bond donors (Lipinski definition) is 1. The number of nitrogens with one attached hydrogen (secondary N) is 1. The fraction of sp³-hybridized carbons (Fsp3) is 0.412. The molecule has 1 saturated heterocycles. The normalized spacial score (nSPS) is 18.5. The van der Waals surface area contributed by atoms with Gasteiger partial charge in [0.05, 0.1) is 18.3 Å². The van der Waals surface area contributed by atoms with Gasteiger partial charge in [-0.15, -0.1) is 0 Å². The standard InChI is InChI=1S/C17H22N4O/c1-13-10-18-8-9-20(13)17(22)16-11-19-21(14(16)2)12-15-6-4-3-5-7-15/h3-7,11,13,18H,8-10,12H2,1-2H3/t13-/m1/s1. The average Bonchev–Trinajstić information content (AvgIpc) is 2.89. The average molecular weight is 298 g/mol. The van der Waals surface area contributed by atoms with Crippen molar-refractivity contribution in [1.29, 1.82) is 0 Å². The fourth-order valence-corrected chi connectivity index (χ4v) is 2.87. The van der Waals surface area contributed by atoms with Gasteiger partial charge >= 0.3 is 0 Å². The summed E-state index contributed by atoms with van der Waals surface area (Å²) in [5.74, 6) is 0.0887. The maximum atomic E-state index is 12.7. The van der Waals surface area contributed by atoms with E-state index in [2.05, 4.69) is 29.5 Å². The molecule has 1 aliphatic rings. The molecule has 1 aromatic heterocycles. The van der Waals surface area contributed by atoms with E-state index in [1.54, 1.807) is 6.20 Å². The van der Waals surface area contributed by atoms with E-state index in [0.717, 1.165) is 25.3 Å². The molecule has 5 heteroatoms. The first-order chi connectivity index (χ1) is 10.7. The van der Waals surface area contributed by atoms with Crippen LogP contribution in [0.15, 0.2) is 36.5 Å². The monoisotopic (exact) mass is 298 g/mol. The Balaban J connectivity index is 1.79. The highest BCUT2D eigenvalue weighted by Crippen LogP contribution is 2.15. The molecule has 1 aliphatic heterocycles. The van der Waals surface area contributed by atoms with Crippen LogP contribution in [0.1, 0.15) is 28.5 Å². The van der Waals surface area contributed by atoms with Crippen LogP contribution in [0.5, 0.6) is 0 Å². The SMILES string of the molecule is Cc1c(C(=O)N2CCNC[C@H]2C)cnn1Cc1ccccc1. The lowest BCUT2D eigenvalue weighted by Crippen LogP contribution is -2.52. The van der Waals surface area contributed by atoms with Crippen molar-refractivity contribution < 1.29 is 4.79 Å². The second-order valence-electron chi connectivity index (χ2n) is 5.84. The third-order valence-corrected chi connectivity index (χ3v) is 4.27. The third kappa shape index (κ3) is 2.90. The zero-order chi connectivity index (χ0) is 15.5. The van der Waals surface area contributed by atoms with Gasteiger partial charge in [-0.3, -0.25) is 9.48 Å². The highest BCUT2D eigenvalue weighted by molar-refractivity contribution is 5.95. The summed E-state index contributed by atoms with van der Waals surface area (Å²) in [6.45, 7) is 7.19. The first kappa shape index (κ1) is 14.8. The molecule has 0 saturated carbocycles. The Morgan fingerprint density at radius 1 is 1.36 bits per heavy atom. The van der Waals surface area contributed by atoms with Crippen LogP contribution in [-0.2, 0) is 6.54 Å². The minimum Gasteiger partial charge on any atom is -0.333 e. The minimum absolute atomic E-state index is 0.0887. The molecule has 0 unspecified atom stereocenters. The Bertz CT molecular complexity index is 650. The van der Waals surface area contributed by atoms with Gasteiger partial charge < -0.3 is 10.2 Å². The molecular formula is C17H22N4O. The summed E-state index contributed by atoms with van der Waals surface area (Å²) >= 11 is 0. The Morgan fingerprint density at radius 3 is 2.86 bits per heavy atom. The van der Waals surface area contributed by atoms with E-state index in [-0.39, 0.29) is 11.9 Å². The Labute approximate surface area is 130 Å². The molecule has 2 heterocycles. The van der Waals surface area contributed by atoms with Gasteiger partial charge in [-0.25, -0.2) is 0 Å². The molecule has 1 amide bonds. The zero-order valence-electron chi connectivity index (χ0n) is 13.1. The van der Waals surface area contributed by atoms with Crippen molar-refractivity contribution in [3.05, 3.63) is 53.3 Å². The van der Waals surface area contributed by atoms with Crippen LogP contribution in [0, 0.1) is 6.92 Å². The molecule has 1 atom stereocenters. The van der Waals surface area contributed by atoms with Crippen molar-refractivity contribution in [1.82, 2.24) is 20.0 Å². The Kier molecular flexibility index (Phi) is 4.24. The van der Waals surface area contributed by atoms with Gasteiger partial charge in [0.2, 0.25) is 0 Å². The van der Waals surface area contributed by atoms with Crippen LogP contribution in [0.25, 0.3) is 0 Å². The summed E-state index contributed by atoms with van der Waals surface area (Å²) in [7, 11) is 0. The van der Waals surface area contributed by atoms with Crippen molar-refractivity contribution in [3.63, 3.8) is 0 Å². The van der Waals surface area contributed by atoms with Gasteiger partial charge in [0, 0.05) is 31.4 Å². The maximum Gasteiger partial charge on any atom is 0.257 e. The minimum atomic E-state index is 0.0887. The summed E-state index contributed by atoms with van der Waals surface area (Å²) < 4.78 is 1.90. The van der Waals surface area contributed by atoms with Gasteiger partial charge in [-0.2, -0.15) is 5.10 Å². The summed E-state index contributed by atoms with van der Waals surface area (Å²) in [6, 6.07) is 10.4. The van der Waals surface area contributed by atoms with Crippen molar-refractivity contribution in [2.45, 2.75) is 26.4 Å². The summed E-state index contributed by atoms with van der Waals surface area (Å²) in [5.41, 5.74) is 2.83. The first-order valence-corrected chi connectivity index (χ1v) is 7.75. The number of rotatable bonds is 3. The molecule has 2 aromatic rings. The lowest BCUT2D eigenvalue weighted by Gasteiger charge is -2.33. The maximum absolute atomic E-state index is 12.7. The van der Waals surface area contributed by atoms with Crippen molar-refractivity contribution in [2.75, 3.05) is 19.6 Å². The summed E-state index contributed by atoms with van der Waals surface area (Å²) in [4.78, 5) is 14.7. The van der Waals surface area contributed by atoms with Crippen LogP contribution in [0.4, 0.5) is 0 Å². The van der Waals surface area contributed by atoms with Gasteiger partial charge in [-0.05, 0) is 19.4 Å². The van der Waals surface area contributed by atoms with Crippen LogP contribution in [0.2, 0.25) is 0 Å². The van der Waals surface area contributed by atoms with Gasteiger partial charge in [0.25, 0.3) is 5.91 Å². The molecule has 116 valence electrons. The quantitative estimate of drug-likeness (QED) is 0.938. The molecule has 5 nitrogen and oxygen atoms in total. The highest BCUT2D eigenvalue weighted by atomic mass is 16.2. The first-order valence-electron chi connectivity index (χ1n) is 7.75. The van der Waals surface area contributed by atoms with Crippen molar-refractivity contribution in [3.8, 4) is 0 Å². The number of aromatic nitrogens is 2. The molecule has 1 aromatic carbocycles. The smallest absolute Gasteiger partial charge is 0.257 e. The summed E-state index contributed by atoms with van der Waals surface area (Å²) in [6.07, 6.45) is 1.70. The van der Waals surface area contributed by atoms with Crippen molar-refractivity contribution >= 4 is 5.91 Å². The van der Waals surface area contributed by atoms with Gasteiger partial charge in [0.15, 0.2) is 0 Å². The lowest BCUT2D eigenvalue weighted by molar-refractivity contribution is 0.0655. The molecule has 0 bridgehead atoms. The molecule has 22 heavy (non-hydrogen) atoms. The van der Waals surface area contributed by atoms with E-state index < -0.39 is 0 Å². The topological polar surface area (TPSA) is 50.2 Å². The van der Waals surface area contributed by atoms with E-state index in [1.165, 1.54) is 5.56 Å². The Hall–Kier alpha value is -2.14. The second-order valence-corrected chi connectivity index (χ2v) is 5.84. The molecular weight excluding hydrogens is 276 g/mol. The highest BCUT2D eigenvalue weighted by Gasteiger charge is 2.26.